The molecule has 1 aliphatic rings. The summed E-state index contributed by atoms with van der Waals surface area (Å²) in [6.45, 7) is 0.101. The van der Waals surface area contributed by atoms with Crippen LogP contribution in [0.3, 0.4) is 0 Å². The maximum atomic E-state index is 11.7. The van der Waals surface area contributed by atoms with Crippen LogP contribution in [-0.4, -0.2) is 33.1 Å². The molecule has 7 nitrogen and oxygen atoms in total. The molecule has 1 aromatic heterocycles. The van der Waals surface area contributed by atoms with Gasteiger partial charge in [-0.2, -0.15) is 0 Å². The predicted molar refractivity (Wildman–Crippen MR) is 106 cm³/mol. The number of nitrogens with zero attached hydrogens (tertiary/aromatic N) is 2. The van der Waals surface area contributed by atoms with Crippen LogP contribution in [0.5, 0.6) is 11.5 Å². The van der Waals surface area contributed by atoms with E-state index in [1.807, 2.05) is 0 Å². The lowest BCUT2D eigenvalue weighted by Crippen LogP contribution is -1.97. The molecule has 0 radical (unpaired) electrons. The summed E-state index contributed by atoms with van der Waals surface area (Å²) in [6, 6.07) is 10.3. The van der Waals surface area contributed by atoms with E-state index in [1.165, 1.54) is 6.08 Å². The normalized spacial score (nSPS) is 13.0. The van der Waals surface area contributed by atoms with Crippen LogP contribution in [0.2, 0.25) is 10.0 Å². The van der Waals surface area contributed by atoms with E-state index in [0.29, 0.717) is 32.9 Å². The summed E-state index contributed by atoms with van der Waals surface area (Å²) in [7, 11) is 0. The molecule has 142 valence electrons. The standard InChI is InChI=1S/C18H11Cl2N3O4S/c19-11-3-1-9(2-4-11)16-21-18(23-22-16)28-15(17(24)25)6-10-5-13-14(7-12(10)20)27-8-26-13/h1-7H,8H2,(H,24,25)(H,21,22,23)/b15-6-. The van der Waals surface area contributed by atoms with Crippen LogP contribution in [0.4, 0.5) is 0 Å². The first-order chi connectivity index (χ1) is 13.5. The highest BCUT2D eigenvalue weighted by atomic mass is 35.5. The van der Waals surface area contributed by atoms with Crippen molar-refractivity contribution in [3.63, 3.8) is 0 Å². The molecule has 28 heavy (non-hydrogen) atoms. The molecule has 0 unspecified atom stereocenters. The lowest BCUT2D eigenvalue weighted by molar-refractivity contribution is -0.131. The first-order valence-electron chi connectivity index (χ1n) is 7.90. The number of carbonyl (C=O) groups is 1. The van der Waals surface area contributed by atoms with Crippen LogP contribution < -0.4 is 9.47 Å². The number of carboxylic acids is 1. The van der Waals surface area contributed by atoms with Gasteiger partial charge in [0.05, 0.1) is 5.02 Å². The highest BCUT2D eigenvalue weighted by molar-refractivity contribution is 8.04. The highest BCUT2D eigenvalue weighted by Gasteiger charge is 2.19. The van der Waals surface area contributed by atoms with Gasteiger partial charge in [0.1, 0.15) is 4.91 Å². The average Bonchev–Trinajstić information content (AvgIpc) is 3.31. The summed E-state index contributed by atoms with van der Waals surface area (Å²) in [5.74, 6) is 0.406. The van der Waals surface area contributed by atoms with Gasteiger partial charge in [-0.05, 0) is 53.7 Å². The first-order valence-corrected chi connectivity index (χ1v) is 9.47. The first kappa shape index (κ1) is 18.7. The second-order valence-corrected chi connectivity index (χ2v) is 7.47. The van der Waals surface area contributed by atoms with Crippen LogP contribution in [0.25, 0.3) is 17.5 Å². The van der Waals surface area contributed by atoms with E-state index >= 15 is 0 Å². The maximum absolute atomic E-state index is 11.7. The lowest BCUT2D eigenvalue weighted by Gasteiger charge is -2.04. The van der Waals surface area contributed by atoms with Crippen molar-refractivity contribution in [2.75, 3.05) is 6.79 Å². The van der Waals surface area contributed by atoms with Gasteiger partial charge < -0.3 is 14.6 Å². The Kier molecular flexibility index (Phi) is 5.17. The number of ether oxygens (including phenoxy) is 2. The van der Waals surface area contributed by atoms with Crippen LogP contribution >= 0.6 is 35.0 Å². The number of carboxylic acid groups (broad SMARTS) is 1. The number of hydrogen-bond acceptors (Lipinski definition) is 6. The minimum absolute atomic E-state index is 0.00224. The average molecular weight is 436 g/mol. The third-order valence-electron chi connectivity index (χ3n) is 3.77. The number of nitrogens with one attached hydrogen (secondary N) is 1. The van der Waals surface area contributed by atoms with Crippen molar-refractivity contribution in [3.8, 4) is 22.9 Å². The molecule has 0 amide bonds. The smallest absolute Gasteiger partial charge is 0.342 e. The molecule has 4 rings (SSSR count). The molecule has 2 heterocycles. The van der Waals surface area contributed by atoms with Gasteiger partial charge in [0, 0.05) is 16.7 Å². The number of hydrogen-bond donors (Lipinski definition) is 2. The third kappa shape index (κ3) is 3.94. The third-order valence-corrected chi connectivity index (χ3v) is 5.23. The molecule has 2 N–H and O–H groups in total. The van der Waals surface area contributed by atoms with Crippen LogP contribution in [0.1, 0.15) is 5.56 Å². The van der Waals surface area contributed by atoms with Crippen molar-refractivity contribution >= 4 is 47.0 Å². The molecule has 0 spiro atoms. The Morgan fingerprint density at radius 1 is 1.18 bits per heavy atom. The van der Waals surface area contributed by atoms with Crippen molar-refractivity contribution in [1.82, 2.24) is 15.2 Å². The van der Waals surface area contributed by atoms with Crippen molar-refractivity contribution in [2.45, 2.75) is 5.16 Å². The number of H-pyrrole nitrogens is 1. The predicted octanol–water partition coefficient (Wildman–Crippen LogP) is 4.73. The zero-order chi connectivity index (χ0) is 19.7. The van der Waals surface area contributed by atoms with Gasteiger partial charge in [0.2, 0.25) is 11.9 Å². The van der Waals surface area contributed by atoms with Crippen LogP contribution in [-0.2, 0) is 4.79 Å². The second kappa shape index (κ2) is 7.75. The quantitative estimate of drug-likeness (QED) is 0.441. The Hall–Kier alpha value is -2.68. The minimum Gasteiger partial charge on any atom is -0.477 e. The monoisotopic (exact) mass is 435 g/mol. The summed E-state index contributed by atoms with van der Waals surface area (Å²) in [4.78, 5) is 16.0. The number of fused-ring (bicyclic) bond motifs is 1. The summed E-state index contributed by atoms with van der Waals surface area (Å²) in [5, 5.41) is 17.6. The number of thioether (sulfide) groups is 1. The van der Waals surface area contributed by atoms with E-state index in [2.05, 4.69) is 15.2 Å². The summed E-state index contributed by atoms with van der Waals surface area (Å²) >= 11 is 13.0. The van der Waals surface area contributed by atoms with E-state index < -0.39 is 5.97 Å². The van der Waals surface area contributed by atoms with Crippen molar-refractivity contribution < 1.29 is 19.4 Å². The van der Waals surface area contributed by atoms with Crippen molar-refractivity contribution in [1.29, 1.82) is 0 Å². The SMILES string of the molecule is O=C(O)/C(=C/c1cc2c(cc1Cl)OCO2)Sc1n[nH]c(-c2ccc(Cl)cc2)n1. The molecule has 3 aromatic rings. The fraction of sp³-hybridized carbons (Fsp3) is 0.0556. The summed E-state index contributed by atoms with van der Waals surface area (Å²) < 4.78 is 10.6. The number of benzene rings is 2. The van der Waals surface area contributed by atoms with Crippen LogP contribution in [0, 0.1) is 0 Å². The molecule has 2 aromatic carbocycles. The molecule has 0 fully saturated rings. The van der Waals surface area contributed by atoms with E-state index in [-0.39, 0.29) is 16.9 Å². The Bertz CT molecular complexity index is 1080. The zero-order valence-electron chi connectivity index (χ0n) is 14.0. The Morgan fingerprint density at radius 2 is 1.89 bits per heavy atom. The van der Waals surface area contributed by atoms with Gasteiger partial charge in [0.15, 0.2) is 17.3 Å². The largest absolute Gasteiger partial charge is 0.477 e. The molecule has 10 heteroatoms. The Labute approximate surface area is 173 Å². The number of aromatic amines is 1. The van der Waals surface area contributed by atoms with Gasteiger partial charge in [-0.3, -0.25) is 5.10 Å². The molecule has 1 aliphatic heterocycles. The van der Waals surface area contributed by atoms with Gasteiger partial charge in [0.25, 0.3) is 0 Å². The zero-order valence-corrected chi connectivity index (χ0v) is 16.3. The minimum atomic E-state index is -1.13. The van der Waals surface area contributed by atoms with Gasteiger partial charge in [-0.25, -0.2) is 9.78 Å². The number of aromatic nitrogens is 3. The van der Waals surface area contributed by atoms with Crippen molar-refractivity contribution in [3.05, 3.63) is 56.9 Å². The van der Waals surface area contributed by atoms with Crippen LogP contribution in [0.15, 0.2) is 46.5 Å². The summed E-state index contributed by atoms with van der Waals surface area (Å²) in [5.41, 5.74) is 1.27. The van der Waals surface area contributed by atoms with E-state index in [0.717, 1.165) is 17.3 Å². The number of rotatable bonds is 5. The molecule has 0 aliphatic carbocycles. The number of halogens is 2. The van der Waals surface area contributed by atoms with Gasteiger partial charge in [-0.15, -0.1) is 5.10 Å². The second-order valence-electron chi connectivity index (χ2n) is 5.62. The Balaban J connectivity index is 1.61. The Morgan fingerprint density at radius 3 is 2.61 bits per heavy atom. The fourth-order valence-electron chi connectivity index (χ4n) is 2.45. The van der Waals surface area contributed by atoms with E-state index in [9.17, 15) is 9.90 Å². The molecule has 0 bridgehead atoms. The van der Waals surface area contributed by atoms with E-state index in [1.54, 1.807) is 36.4 Å². The lowest BCUT2D eigenvalue weighted by atomic mass is 10.2. The molecule has 0 saturated carbocycles. The topological polar surface area (TPSA) is 97.3 Å². The molecule has 0 saturated heterocycles. The van der Waals surface area contributed by atoms with Gasteiger partial charge >= 0.3 is 5.97 Å². The maximum Gasteiger partial charge on any atom is 0.342 e. The van der Waals surface area contributed by atoms with Gasteiger partial charge in [-0.1, -0.05) is 23.2 Å². The fourth-order valence-corrected chi connectivity index (χ4v) is 3.48. The highest BCUT2D eigenvalue weighted by Crippen LogP contribution is 2.38. The summed E-state index contributed by atoms with van der Waals surface area (Å²) in [6.07, 6.45) is 1.44. The molecule has 0 atom stereocenters. The van der Waals surface area contributed by atoms with E-state index in [4.69, 9.17) is 32.7 Å². The van der Waals surface area contributed by atoms with Crippen molar-refractivity contribution in [2.24, 2.45) is 0 Å². The number of aliphatic carboxylic acids is 1. The molecular weight excluding hydrogens is 425 g/mol. The molecular formula is C18H11Cl2N3O4S.